The fourth-order valence-electron chi connectivity index (χ4n) is 1.56. The van der Waals surface area contributed by atoms with E-state index in [9.17, 15) is 19.2 Å². The molecule has 1 atom stereocenters. The number of hydrogen-bond donors (Lipinski definition) is 3. The first-order valence-corrected chi connectivity index (χ1v) is 6.44. The number of benzene rings is 1. The van der Waals surface area contributed by atoms with Gasteiger partial charge in [0.25, 0.3) is 11.8 Å². The van der Waals surface area contributed by atoms with Gasteiger partial charge in [-0.3, -0.25) is 19.7 Å². The van der Waals surface area contributed by atoms with E-state index in [0.717, 1.165) is 5.56 Å². The highest BCUT2D eigenvalue weighted by atomic mass is 16.5. The zero-order valence-electron chi connectivity index (χ0n) is 12.2. The second-order valence-corrected chi connectivity index (χ2v) is 4.54. The first kappa shape index (κ1) is 17.2. The van der Waals surface area contributed by atoms with E-state index in [2.05, 4.69) is 5.32 Å². The summed E-state index contributed by atoms with van der Waals surface area (Å²) in [4.78, 5) is 45.1. The second kappa shape index (κ2) is 7.77. The van der Waals surface area contributed by atoms with Crippen LogP contribution in [0.4, 0.5) is 4.79 Å². The Labute approximate surface area is 127 Å². The van der Waals surface area contributed by atoms with E-state index in [1.807, 2.05) is 13.0 Å². The molecule has 0 bridgehead atoms. The van der Waals surface area contributed by atoms with Gasteiger partial charge in [-0.2, -0.15) is 0 Å². The van der Waals surface area contributed by atoms with Crippen LogP contribution in [0.5, 0.6) is 0 Å². The minimum atomic E-state index is -1.20. The summed E-state index contributed by atoms with van der Waals surface area (Å²) in [5, 5.41) is 4.15. The predicted octanol–water partition coefficient (Wildman–Crippen LogP) is -0.149. The van der Waals surface area contributed by atoms with Crippen LogP contribution in [0.3, 0.4) is 0 Å². The van der Waals surface area contributed by atoms with Gasteiger partial charge in [0, 0.05) is 5.56 Å². The molecule has 8 nitrogen and oxygen atoms in total. The molecule has 0 aliphatic rings. The molecule has 1 aromatic carbocycles. The van der Waals surface area contributed by atoms with Crippen molar-refractivity contribution in [2.24, 2.45) is 5.73 Å². The van der Waals surface area contributed by atoms with Crippen molar-refractivity contribution >= 4 is 23.8 Å². The number of ether oxygens (including phenoxy) is 1. The van der Waals surface area contributed by atoms with Crippen molar-refractivity contribution < 1.29 is 23.9 Å². The number of imide groups is 1. The molecule has 0 heterocycles. The van der Waals surface area contributed by atoms with E-state index in [4.69, 9.17) is 10.5 Å². The molecule has 0 spiro atoms. The first-order valence-electron chi connectivity index (χ1n) is 6.44. The Hall–Kier alpha value is -2.90. The molecule has 1 aromatic rings. The average Bonchev–Trinajstić information content (AvgIpc) is 2.43. The zero-order valence-corrected chi connectivity index (χ0v) is 12.2. The second-order valence-electron chi connectivity index (χ2n) is 4.54. The maximum Gasteiger partial charge on any atom is 0.326 e. The van der Waals surface area contributed by atoms with Crippen molar-refractivity contribution in [3.8, 4) is 0 Å². The smallest absolute Gasteiger partial charge is 0.326 e. The molecule has 0 fully saturated rings. The number of aryl methyl sites for hydroxylation is 1. The molecule has 4 amide bonds. The molecular formula is C14H17N3O5. The Balaban J connectivity index is 2.44. The molecular weight excluding hydrogens is 290 g/mol. The molecule has 0 aliphatic carbocycles. The molecule has 118 valence electrons. The summed E-state index contributed by atoms with van der Waals surface area (Å²) in [6.07, 6.45) is -1.20. The minimum Gasteiger partial charge on any atom is -0.451 e. The Bertz CT molecular complexity index is 600. The van der Waals surface area contributed by atoms with Crippen molar-refractivity contribution in [1.82, 2.24) is 10.6 Å². The molecule has 0 saturated heterocycles. The van der Waals surface area contributed by atoms with Gasteiger partial charge in [-0.05, 0) is 26.0 Å². The van der Waals surface area contributed by atoms with Crippen LogP contribution in [0, 0.1) is 6.92 Å². The van der Waals surface area contributed by atoms with Crippen LogP contribution in [-0.2, 0) is 14.3 Å². The number of primary amides is 1. The highest BCUT2D eigenvalue weighted by Crippen LogP contribution is 2.03. The van der Waals surface area contributed by atoms with Crippen LogP contribution in [0.15, 0.2) is 24.3 Å². The van der Waals surface area contributed by atoms with Gasteiger partial charge in [-0.25, -0.2) is 4.79 Å². The summed E-state index contributed by atoms with van der Waals surface area (Å²) < 4.78 is 4.75. The van der Waals surface area contributed by atoms with Gasteiger partial charge in [0.1, 0.15) is 6.54 Å². The number of urea groups is 1. The van der Waals surface area contributed by atoms with E-state index in [-0.39, 0.29) is 0 Å². The monoisotopic (exact) mass is 307 g/mol. The van der Waals surface area contributed by atoms with Crippen molar-refractivity contribution in [3.05, 3.63) is 35.4 Å². The topological polar surface area (TPSA) is 128 Å². The van der Waals surface area contributed by atoms with Crippen molar-refractivity contribution in [1.29, 1.82) is 0 Å². The average molecular weight is 307 g/mol. The van der Waals surface area contributed by atoms with E-state index in [1.54, 1.807) is 23.5 Å². The van der Waals surface area contributed by atoms with Crippen LogP contribution in [0.2, 0.25) is 0 Å². The molecule has 1 rings (SSSR count). The SMILES string of the molecule is Cc1cccc(C(=O)NCC(=O)O[C@H](C)C(=O)NC(N)=O)c1. The van der Waals surface area contributed by atoms with E-state index in [0.29, 0.717) is 5.56 Å². The Morgan fingerprint density at radius 1 is 1.27 bits per heavy atom. The summed E-state index contributed by atoms with van der Waals surface area (Å²) >= 11 is 0. The lowest BCUT2D eigenvalue weighted by Crippen LogP contribution is -2.43. The van der Waals surface area contributed by atoms with E-state index >= 15 is 0 Å². The Morgan fingerprint density at radius 3 is 2.55 bits per heavy atom. The maximum absolute atomic E-state index is 11.8. The lowest BCUT2D eigenvalue weighted by molar-refractivity contribution is -0.153. The minimum absolute atomic E-state index is 0.402. The molecule has 22 heavy (non-hydrogen) atoms. The molecule has 4 N–H and O–H groups in total. The van der Waals surface area contributed by atoms with Crippen LogP contribution >= 0.6 is 0 Å². The fraction of sp³-hybridized carbons (Fsp3) is 0.286. The number of carbonyl (C=O) groups is 4. The molecule has 0 aliphatic heterocycles. The number of nitrogens with two attached hydrogens (primary N) is 1. The number of amides is 4. The van der Waals surface area contributed by atoms with Gasteiger partial charge in [0.2, 0.25) is 0 Å². The van der Waals surface area contributed by atoms with Crippen LogP contribution in [-0.4, -0.2) is 36.5 Å². The highest BCUT2D eigenvalue weighted by molar-refractivity contribution is 5.97. The summed E-state index contributed by atoms with van der Waals surface area (Å²) in [6.45, 7) is 2.71. The summed E-state index contributed by atoms with van der Waals surface area (Å²) in [5.74, 6) is -2.09. The summed E-state index contributed by atoms with van der Waals surface area (Å²) in [5.41, 5.74) is 6.09. The molecule has 0 saturated carbocycles. The van der Waals surface area contributed by atoms with Crippen molar-refractivity contribution in [2.45, 2.75) is 20.0 Å². The van der Waals surface area contributed by atoms with Gasteiger partial charge in [-0.15, -0.1) is 0 Å². The van der Waals surface area contributed by atoms with Crippen LogP contribution in [0.1, 0.15) is 22.8 Å². The normalized spacial score (nSPS) is 11.2. The van der Waals surface area contributed by atoms with Gasteiger partial charge < -0.3 is 15.8 Å². The number of hydrogen-bond acceptors (Lipinski definition) is 5. The van der Waals surface area contributed by atoms with Crippen molar-refractivity contribution in [2.75, 3.05) is 6.54 Å². The summed E-state index contributed by atoms with van der Waals surface area (Å²) in [7, 11) is 0. The molecule has 0 unspecified atom stereocenters. The van der Waals surface area contributed by atoms with Gasteiger partial charge in [0.15, 0.2) is 6.10 Å². The van der Waals surface area contributed by atoms with Crippen LogP contribution < -0.4 is 16.4 Å². The first-order chi connectivity index (χ1) is 10.3. The fourth-order valence-corrected chi connectivity index (χ4v) is 1.56. The van der Waals surface area contributed by atoms with Gasteiger partial charge in [0.05, 0.1) is 0 Å². The number of nitrogens with one attached hydrogen (secondary N) is 2. The third kappa shape index (κ3) is 5.61. The molecule has 0 aromatic heterocycles. The largest absolute Gasteiger partial charge is 0.451 e. The third-order valence-electron chi connectivity index (χ3n) is 2.60. The van der Waals surface area contributed by atoms with Crippen LogP contribution in [0.25, 0.3) is 0 Å². The lowest BCUT2D eigenvalue weighted by Gasteiger charge is -2.12. The Kier molecular flexibility index (Phi) is 6.06. The number of rotatable bonds is 5. The molecule has 8 heteroatoms. The standard InChI is InChI=1S/C14H17N3O5/c1-8-4-3-5-10(6-8)13(20)16-7-11(18)22-9(2)12(19)17-14(15)21/h3-6,9H,7H2,1-2H3,(H,16,20)(H3,15,17,19,21)/t9-/m1/s1. The summed E-state index contributed by atoms with van der Waals surface area (Å²) in [6, 6.07) is 5.80. The predicted molar refractivity (Wildman–Crippen MR) is 76.8 cm³/mol. The highest BCUT2D eigenvalue weighted by Gasteiger charge is 2.19. The number of esters is 1. The Morgan fingerprint density at radius 2 is 1.95 bits per heavy atom. The van der Waals surface area contributed by atoms with Gasteiger partial charge >= 0.3 is 12.0 Å². The zero-order chi connectivity index (χ0) is 16.7. The van der Waals surface area contributed by atoms with Gasteiger partial charge in [-0.1, -0.05) is 17.7 Å². The third-order valence-corrected chi connectivity index (χ3v) is 2.60. The van der Waals surface area contributed by atoms with Crippen molar-refractivity contribution in [3.63, 3.8) is 0 Å². The molecule has 0 radical (unpaired) electrons. The van der Waals surface area contributed by atoms with E-state index < -0.39 is 36.5 Å². The quantitative estimate of drug-likeness (QED) is 0.652. The maximum atomic E-state index is 11.8. The lowest BCUT2D eigenvalue weighted by atomic mass is 10.1. The number of carbonyl (C=O) groups excluding carboxylic acids is 4. The van der Waals surface area contributed by atoms with E-state index in [1.165, 1.54) is 6.92 Å².